The quantitative estimate of drug-likeness (QED) is 0.534. The molecule has 4 rings (SSSR count). The SMILES string of the molecule is Cn1cc(-c2cc(N)ccc2Oc2ccc(F)cc2F)c2cc[nH]c(=O)c21. The van der Waals surface area contributed by atoms with Crippen molar-refractivity contribution < 1.29 is 13.5 Å². The first-order valence-corrected chi connectivity index (χ1v) is 8.13. The Bertz CT molecular complexity index is 1230. The molecule has 3 N–H and O–H groups in total. The van der Waals surface area contributed by atoms with Crippen LogP contribution in [0.15, 0.2) is 59.7 Å². The van der Waals surface area contributed by atoms with Gasteiger partial charge in [0.05, 0.1) is 0 Å². The Kier molecular flexibility index (Phi) is 3.92. The van der Waals surface area contributed by atoms with Crippen molar-refractivity contribution in [1.29, 1.82) is 0 Å². The summed E-state index contributed by atoms with van der Waals surface area (Å²) in [4.78, 5) is 14.8. The fourth-order valence-electron chi connectivity index (χ4n) is 3.10. The fourth-order valence-corrected chi connectivity index (χ4v) is 3.10. The van der Waals surface area contributed by atoms with Crippen molar-refractivity contribution in [2.75, 3.05) is 5.73 Å². The molecule has 2 heterocycles. The Balaban J connectivity index is 1.91. The molecule has 4 aromatic rings. The summed E-state index contributed by atoms with van der Waals surface area (Å²) in [6, 6.07) is 9.79. The smallest absolute Gasteiger partial charge is 0.272 e. The molecular weight excluding hydrogens is 352 g/mol. The number of aromatic amines is 1. The largest absolute Gasteiger partial charge is 0.454 e. The van der Waals surface area contributed by atoms with E-state index in [0.29, 0.717) is 33.5 Å². The Morgan fingerprint density at radius 3 is 2.59 bits per heavy atom. The molecule has 0 amide bonds. The summed E-state index contributed by atoms with van der Waals surface area (Å²) in [5.41, 5.74) is 7.99. The Morgan fingerprint density at radius 2 is 1.81 bits per heavy atom. The van der Waals surface area contributed by atoms with Gasteiger partial charge in [0.1, 0.15) is 17.1 Å². The van der Waals surface area contributed by atoms with E-state index in [4.69, 9.17) is 10.5 Å². The van der Waals surface area contributed by atoms with Crippen LogP contribution in [0.1, 0.15) is 0 Å². The van der Waals surface area contributed by atoms with E-state index in [9.17, 15) is 13.6 Å². The summed E-state index contributed by atoms with van der Waals surface area (Å²) in [7, 11) is 1.76. The maximum Gasteiger partial charge on any atom is 0.272 e. The normalized spacial score (nSPS) is 11.1. The molecule has 0 fully saturated rings. The van der Waals surface area contributed by atoms with Crippen LogP contribution in [-0.4, -0.2) is 9.55 Å². The van der Waals surface area contributed by atoms with Crippen LogP contribution < -0.4 is 16.0 Å². The third-order valence-electron chi connectivity index (χ3n) is 4.31. The first-order valence-electron chi connectivity index (χ1n) is 8.13. The number of benzene rings is 2. The van der Waals surface area contributed by atoms with E-state index in [-0.39, 0.29) is 11.3 Å². The number of nitrogens with zero attached hydrogens (tertiary/aromatic N) is 1. The van der Waals surface area contributed by atoms with E-state index < -0.39 is 11.6 Å². The van der Waals surface area contributed by atoms with Gasteiger partial charge in [-0.25, -0.2) is 8.78 Å². The highest BCUT2D eigenvalue weighted by molar-refractivity contribution is 5.97. The van der Waals surface area contributed by atoms with Gasteiger partial charge in [-0.05, 0) is 36.4 Å². The van der Waals surface area contributed by atoms with Gasteiger partial charge < -0.3 is 20.0 Å². The minimum absolute atomic E-state index is 0.111. The molecule has 0 aliphatic rings. The van der Waals surface area contributed by atoms with Crippen LogP contribution in [-0.2, 0) is 7.05 Å². The number of fused-ring (bicyclic) bond motifs is 1. The van der Waals surface area contributed by atoms with Crippen LogP contribution in [0.2, 0.25) is 0 Å². The molecule has 0 unspecified atom stereocenters. The first-order chi connectivity index (χ1) is 12.9. The third kappa shape index (κ3) is 2.93. The number of nitrogens with two attached hydrogens (primary N) is 1. The standard InChI is InChI=1S/C20H15F2N3O2/c1-25-10-15(13-6-7-24-20(26)19(13)25)14-9-12(23)3-5-17(14)27-18-4-2-11(21)8-16(18)22/h2-10H,23H2,1H3,(H,24,26). The van der Waals surface area contributed by atoms with Gasteiger partial charge in [0, 0.05) is 47.7 Å². The number of rotatable bonds is 3. The summed E-state index contributed by atoms with van der Waals surface area (Å²) >= 11 is 0. The molecule has 0 radical (unpaired) electrons. The average molecular weight is 367 g/mol. The van der Waals surface area contributed by atoms with Crippen molar-refractivity contribution in [2.24, 2.45) is 7.05 Å². The zero-order valence-corrected chi connectivity index (χ0v) is 14.3. The van der Waals surface area contributed by atoms with Gasteiger partial charge in [-0.3, -0.25) is 4.79 Å². The van der Waals surface area contributed by atoms with Gasteiger partial charge in [-0.2, -0.15) is 0 Å². The van der Waals surface area contributed by atoms with Crippen LogP contribution in [0.5, 0.6) is 11.5 Å². The van der Waals surface area contributed by atoms with Crippen molar-refractivity contribution in [3.8, 4) is 22.6 Å². The number of aromatic nitrogens is 2. The van der Waals surface area contributed by atoms with Crippen molar-refractivity contribution >= 4 is 16.6 Å². The number of aryl methyl sites for hydroxylation is 1. The van der Waals surface area contributed by atoms with E-state index in [0.717, 1.165) is 12.1 Å². The highest BCUT2D eigenvalue weighted by atomic mass is 19.1. The predicted octanol–water partition coefficient (Wildman–Crippen LogP) is 4.19. The maximum absolute atomic E-state index is 14.0. The number of anilines is 1. The van der Waals surface area contributed by atoms with Gasteiger partial charge in [0.25, 0.3) is 5.56 Å². The van der Waals surface area contributed by atoms with Crippen LogP contribution in [0.3, 0.4) is 0 Å². The average Bonchev–Trinajstić information content (AvgIpc) is 2.96. The van der Waals surface area contributed by atoms with Crippen LogP contribution in [0, 0.1) is 11.6 Å². The number of nitrogens with one attached hydrogen (secondary N) is 1. The molecule has 0 aliphatic heterocycles. The Morgan fingerprint density at radius 1 is 1.04 bits per heavy atom. The highest BCUT2D eigenvalue weighted by Crippen LogP contribution is 2.39. The number of hydrogen-bond acceptors (Lipinski definition) is 3. The van der Waals surface area contributed by atoms with Crippen LogP contribution in [0.25, 0.3) is 22.0 Å². The molecule has 27 heavy (non-hydrogen) atoms. The zero-order valence-electron chi connectivity index (χ0n) is 14.3. The van der Waals surface area contributed by atoms with Crippen molar-refractivity contribution in [3.05, 3.63) is 76.8 Å². The predicted molar refractivity (Wildman–Crippen MR) is 99.8 cm³/mol. The topological polar surface area (TPSA) is 73.0 Å². The molecule has 0 saturated heterocycles. The zero-order chi connectivity index (χ0) is 19.1. The summed E-state index contributed by atoms with van der Waals surface area (Å²) in [6.45, 7) is 0. The fraction of sp³-hybridized carbons (Fsp3) is 0.0500. The summed E-state index contributed by atoms with van der Waals surface area (Å²) < 4.78 is 34.6. The molecule has 0 atom stereocenters. The minimum Gasteiger partial charge on any atom is -0.454 e. The van der Waals surface area contributed by atoms with E-state index in [1.54, 1.807) is 48.3 Å². The second-order valence-corrected chi connectivity index (χ2v) is 6.16. The van der Waals surface area contributed by atoms with Gasteiger partial charge in [-0.15, -0.1) is 0 Å². The molecule has 2 aromatic carbocycles. The molecule has 136 valence electrons. The molecule has 0 aliphatic carbocycles. The van der Waals surface area contributed by atoms with Gasteiger partial charge >= 0.3 is 0 Å². The lowest BCUT2D eigenvalue weighted by Crippen LogP contribution is -2.07. The lowest BCUT2D eigenvalue weighted by atomic mass is 10.0. The molecular formula is C20H15F2N3O2. The molecule has 2 aromatic heterocycles. The highest BCUT2D eigenvalue weighted by Gasteiger charge is 2.17. The number of hydrogen-bond donors (Lipinski definition) is 2. The number of ether oxygens (including phenoxy) is 1. The van der Waals surface area contributed by atoms with Gasteiger partial charge in [0.2, 0.25) is 0 Å². The minimum atomic E-state index is -0.813. The van der Waals surface area contributed by atoms with E-state index in [1.807, 2.05) is 0 Å². The lowest BCUT2D eigenvalue weighted by molar-refractivity contribution is 0.439. The van der Waals surface area contributed by atoms with Gasteiger partial charge in [0.15, 0.2) is 11.6 Å². The van der Waals surface area contributed by atoms with Gasteiger partial charge in [-0.1, -0.05) is 0 Å². The molecule has 0 saturated carbocycles. The summed E-state index contributed by atoms with van der Waals surface area (Å²) in [5.74, 6) is -1.28. The van der Waals surface area contributed by atoms with Crippen LogP contribution >= 0.6 is 0 Å². The third-order valence-corrected chi connectivity index (χ3v) is 4.31. The number of halogens is 2. The van der Waals surface area contributed by atoms with Crippen molar-refractivity contribution in [1.82, 2.24) is 9.55 Å². The van der Waals surface area contributed by atoms with Crippen LogP contribution in [0.4, 0.5) is 14.5 Å². The maximum atomic E-state index is 14.0. The van der Waals surface area contributed by atoms with Crippen molar-refractivity contribution in [2.45, 2.75) is 0 Å². The van der Waals surface area contributed by atoms with E-state index >= 15 is 0 Å². The molecule has 7 heteroatoms. The summed E-state index contributed by atoms with van der Waals surface area (Å²) in [5, 5.41) is 0.705. The second-order valence-electron chi connectivity index (χ2n) is 6.16. The molecule has 5 nitrogen and oxygen atoms in total. The summed E-state index contributed by atoms with van der Waals surface area (Å²) in [6.07, 6.45) is 3.34. The lowest BCUT2D eigenvalue weighted by Gasteiger charge is -2.12. The number of nitrogen functional groups attached to an aromatic ring is 1. The molecule has 0 bridgehead atoms. The first kappa shape index (κ1) is 16.8. The monoisotopic (exact) mass is 367 g/mol. The Labute approximate surface area is 152 Å². The molecule has 0 spiro atoms. The number of H-pyrrole nitrogens is 1. The Hall–Kier alpha value is -3.61. The van der Waals surface area contributed by atoms with Crippen molar-refractivity contribution in [3.63, 3.8) is 0 Å². The number of pyridine rings is 1. The van der Waals surface area contributed by atoms with E-state index in [2.05, 4.69) is 4.98 Å². The second kappa shape index (κ2) is 6.28. The van der Waals surface area contributed by atoms with E-state index in [1.165, 1.54) is 6.07 Å².